The molecule has 0 radical (unpaired) electrons. The lowest BCUT2D eigenvalue weighted by molar-refractivity contribution is -0.140. The number of carbonyl (C=O) groups excluding carboxylic acids is 2. The topological polar surface area (TPSA) is 55.8 Å². The molecule has 2 bridgehead atoms. The van der Waals surface area contributed by atoms with Crippen LogP contribution < -0.4 is 9.47 Å². The first-order chi connectivity index (χ1) is 12.0. The molecule has 1 aromatic carbocycles. The van der Waals surface area contributed by atoms with Gasteiger partial charge >= 0.3 is 0 Å². The molecule has 0 spiro atoms. The molecule has 1 heterocycles. The molecule has 1 aliphatic heterocycles. The molecule has 6 heteroatoms. The van der Waals surface area contributed by atoms with E-state index in [9.17, 15) is 9.59 Å². The van der Waals surface area contributed by atoms with E-state index in [2.05, 4.69) is 34.7 Å². The van der Waals surface area contributed by atoms with E-state index >= 15 is 0 Å². The maximum absolute atomic E-state index is 12.7. The summed E-state index contributed by atoms with van der Waals surface area (Å²) < 4.78 is 11.7. The highest BCUT2D eigenvalue weighted by molar-refractivity contribution is 14.1. The van der Waals surface area contributed by atoms with Crippen LogP contribution in [0.25, 0.3) is 0 Å². The predicted octanol–water partition coefficient (Wildman–Crippen LogP) is 2.66. The van der Waals surface area contributed by atoms with Crippen molar-refractivity contribution in [2.24, 2.45) is 23.7 Å². The number of hydrogen-bond donors (Lipinski definition) is 0. The van der Waals surface area contributed by atoms with Crippen molar-refractivity contribution in [3.63, 3.8) is 0 Å². The van der Waals surface area contributed by atoms with Crippen LogP contribution in [0.4, 0.5) is 0 Å². The Morgan fingerprint density at radius 2 is 1.60 bits per heavy atom. The molecule has 5 nitrogen and oxygen atoms in total. The molecule has 4 atom stereocenters. The van der Waals surface area contributed by atoms with Crippen LogP contribution in [-0.4, -0.2) is 37.5 Å². The molecule has 2 aliphatic carbocycles. The highest BCUT2D eigenvalue weighted by Crippen LogP contribution is 2.52. The number of carbonyl (C=O) groups is 2. The minimum Gasteiger partial charge on any atom is -0.493 e. The van der Waals surface area contributed by atoms with Gasteiger partial charge in [-0.2, -0.15) is 0 Å². The number of rotatable bonds is 5. The van der Waals surface area contributed by atoms with Crippen molar-refractivity contribution in [3.8, 4) is 11.5 Å². The zero-order chi connectivity index (χ0) is 17.7. The molecule has 2 amide bonds. The molecule has 1 saturated carbocycles. The van der Waals surface area contributed by atoms with Gasteiger partial charge in [-0.05, 0) is 65.0 Å². The quantitative estimate of drug-likeness (QED) is 0.391. The van der Waals surface area contributed by atoms with Crippen molar-refractivity contribution in [1.82, 2.24) is 4.90 Å². The van der Waals surface area contributed by atoms with Gasteiger partial charge in [0.2, 0.25) is 11.8 Å². The van der Waals surface area contributed by atoms with E-state index in [4.69, 9.17) is 9.47 Å². The summed E-state index contributed by atoms with van der Waals surface area (Å²) in [6.45, 7) is 0.426. The summed E-state index contributed by atoms with van der Waals surface area (Å²) >= 11 is 2.25. The van der Waals surface area contributed by atoms with Crippen molar-refractivity contribution in [2.75, 3.05) is 20.8 Å². The SMILES string of the molecule is COc1cc(I)c(CCN2C(=O)[C@@H]3[C@H](C2=O)[C@@H]2C=C[C@H]3C2)cc1OC. The number of allylic oxidation sites excluding steroid dienone is 2. The minimum absolute atomic E-state index is 0.0161. The number of fused-ring (bicyclic) bond motifs is 5. The van der Waals surface area contributed by atoms with E-state index in [0.717, 1.165) is 15.6 Å². The maximum Gasteiger partial charge on any atom is 0.233 e. The summed E-state index contributed by atoms with van der Waals surface area (Å²) in [5.41, 5.74) is 1.05. The fourth-order valence-electron chi connectivity index (χ4n) is 4.50. The Morgan fingerprint density at radius 3 is 2.16 bits per heavy atom. The van der Waals surface area contributed by atoms with Crippen LogP contribution in [-0.2, 0) is 16.0 Å². The third kappa shape index (κ3) is 2.56. The standard InChI is InChI=1S/C19H20INO4/c1-24-14-8-10(13(20)9-15(14)25-2)5-6-21-18(22)16-11-3-4-12(7-11)17(16)19(21)23/h3-4,8-9,11-12,16-17H,5-7H2,1-2H3/t11-,12+,16-,17+. The second-order valence-corrected chi connectivity index (χ2v) is 8.04. The second-order valence-electron chi connectivity index (χ2n) is 6.88. The Labute approximate surface area is 160 Å². The van der Waals surface area contributed by atoms with E-state index in [-0.39, 0.29) is 35.5 Å². The Morgan fingerprint density at radius 1 is 1.04 bits per heavy atom. The highest BCUT2D eigenvalue weighted by Gasteiger charge is 2.58. The van der Waals surface area contributed by atoms with Crippen LogP contribution in [0.15, 0.2) is 24.3 Å². The van der Waals surface area contributed by atoms with Crippen molar-refractivity contribution in [3.05, 3.63) is 33.4 Å². The lowest BCUT2D eigenvalue weighted by atomic mass is 9.85. The maximum atomic E-state index is 12.7. The van der Waals surface area contributed by atoms with Crippen LogP contribution in [0.1, 0.15) is 12.0 Å². The third-order valence-corrected chi connectivity index (χ3v) is 6.72. The summed E-state index contributed by atoms with van der Waals surface area (Å²) in [5, 5.41) is 0. The zero-order valence-corrected chi connectivity index (χ0v) is 16.4. The fraction of sp³-hybridized carbons (Fsp3) is 0.474. The normalized spacial score (nSPS) is 29.5. The van der Waals surface area contributed by atoms with Crippen molar-refractivity contribution in [2.45, 2.75) is 12.8 Å². The first-order valence-electron chi connectivity index (χ1n) is 8.49. The molecule has 25 heavy (non-hydrogen) atoms. The van der Waals surface area contributed by atoms with Crippen molar-refractivity contribution in [1.29, 1.82) is 0 Å². The largest absolute Gasteiger partial charge is 0.493 e. The first kappa shape index (κ1) is 16.9. The lowest BCUT2D eigenvalue weighted by Gasteiger charge is -2.18. The van der Waals surface area contributed by atoms with Crippen LogP contribution in [0.3, 0.4) is 0 Å². The number of halogens is 1. The van der Waals surface area contributed by atoms with Gasteiger partial charge in [-0.3, -0.25) is 14.5 Å². The molecule has 2 fully saturated rings. The number of benzene rings is 1. The Balaban J connectivity index is 1.51. The summed E-state index contributed by atoms with van der Waals surface area (Å²) in [7, 11) is 3.21. The predicted molar refractivity (Wildman–Crippen MR) is 100 cm³/mol. The zero-order valence-electron chi connectivity index (χ0n) is 14.2. The van der Waals surface area contributed by atoms with Crippen LogP contribution >= 0.6 is 22.6 Å². The summed E-state index contributed by atoms with van der Waals surface area (Å²) in [5.74, 6) is 1.66. The van der Waals surface area contributed by atoms with Gasteiger partial charge in [0.15, 0.2) is 11.5 Å². The molecule has 1 aromatic rings. The van der Waals surface area contributed by atoms with Crippen LogP contribution in [0.5, 0.6) is 11.5 Å². The number of imide groups is 1. The summed E-state index contributed by atoms with van der Waals surface area (Å²) in [6, 6.07) is 3.85. The Bertz CT molecular complexity index is 745. The van der Waals surface area contributed by atoms with Gasteiger partial charge in [0, 0.05) is 10.1 Å². The lowest BCUT2D eigenvalue weighted by Crippen LogP contribution is -2.34. The minimum atomic E-state index is -0.119. The van der Waals surface area contributed by atoms with Crippen LogP contribution in [0, 0.1) is 27.2 Å². The molecule has 0 N–H and O–H groups in total. The molecule has 1 saturated heterocycles. The third-order valence-electron chi connectivity index (χ3n) is 5.72. The van der Waals surface area contributed by atoms with Gasteiger partial charge in [-0.15, -0.1) is 0 Å². The van der Waals surface area contributed by atoms with Gasteiger partial charge in [0.1, 0.15) is 0 Å². The molecule has 0 aromatic heterocycles. The molecule has 132 valence electrons. The molecular formula is C19H20INO4. The average Bonchev–Trinajstić information content (AvgIpc) is 3.28. The number of amides is 2. The molecule has 3 aliphatic rings. The van der Waals surface area contributed by atoms with Crippen LogP contribution in [0.2, 0.25) is 0 Å². The molecule has 4 rings (SSSR count). The van der Waals surface area contributed by atoms with E-state index in [1.54, 1.807) is 14.2 Å². The number of methoxy groups -OCH3 is 2. The van der Waals surface area contributed by atoms with Gasteiger partial charge < -0.3 is 9.47 Å². The Hall–Kier alpha value is -1.57. The summed E-state index contributed by atoms with van der Waals surface area (Å²) in [4.78, 5) is 27.0. The number of ether oxygens (including phenoxy) is 2. The smallest absolute Gasteiger partial charge is 0.233 e. The monoisotopic (exact) mass is 453 g/mol. The van der Waals surface area contributed by atoms with Gasteiger partial charge in [-0.25, -0.2) is 0 Å². The average molecular weight is 453 g/mol. The van der Waals surface area contributed by atoms with E-state index < -0.39 is 0 Å². The van der Waals surface area contributed by atoms with Gasteiger partial charge in [-0.1, -0.05) is 12.2 Å². The van der Waals surface area contributed by atoms with E-state index in [1.807, 2.05) is 12.1 Å². The molecule has 0 unspecified atom stereocenters. The van der Waals surface area contributed by atoms with E-state index in [1.165, 1.54) is 4.90 Å². The fourth-order valence-corrected chi connectivity index (χ4v) is 5.21. The van der Waals surface area contributed by atoms with Crippen molar-refractivity contribution < 1.29 is 19.1 Å². The number of nitrogens with zero attached hydrogens (tertiary/aromatic N) is 1. The first-order valence-corrected chi connectivity index (χ1v) is 9.57. The van der Waals surface area contributed by atoms with E-state index in [0.29, 0.717) is 24.5 Å². The number of hydrogen-bond acceptors (Lipinski definition) is 4. The molecular weight excluding hydrogens is 433 g/mol. The Kier molecular flexibility index (Phi) is 4.25. The second kappa shape index (κ2) is 6.30. The van der Waals surface area contributed by atoms with Crippen molar-refractivity contribution >= 4 is 34.4 Å². The highest BCUT2D eigenvalue weighted by atomic mass is 127. The number of likely N-dealkylation sites (tertiary alicyclic amines) is 1. The van der Waals surface area contributed by atoms with Gasteiger partial charge in [0.05, 0.1) is 26.1 Å². The summed E-state index contributed by atoms with van der Waals surface area (Å²) in [6.07, 6.45) is 5.84. The van der Waals surface area contributed by atoms with Gasteiger partial charge in [0.25, 0.3) is 0 Å².